The van der Waals surface area contributed by atoms with Crippen LogP contribution in [0.4, 0.5) is 0 Å². The van der Waals surface area contributed by atoms with Crippen LogP contribution in [0, 0.1) is 11.3 Å². The van der Waals surface area contributed by atoms with E-state index >= 15 is 0 Å². The molecule has 0 aromatic carbocycles. The normalized spacial score (nSPS) is 16.5. The molecule has 1 aromatic heterocycles. The molecule has 0 unspecified atom stereocenters. The number of nitriles is 1. The molecule has 110 valence electrons. The summed E-state index contributed by atoms with van der Waals surface area (Å²) in [6.45, 7) is 2.81. The van der Waals surface area contributed by atoms with E-state index in [1.165, 1.54) is 12.1 Å². The first-order chi connectivity index (χ1) is 10.1. The maximum atomic E-state index is 12.4. The summed E-state index contributed by atoms with van der Waals surface area (Å²) in [7, 11) is 1.87. The van der Waals surface area contributed by atoms with Crippen LogP contribution in [0.5, 0.6) is 0 Å². The first-order valence-electron chi connectivity index (χ1n) is 6.83. The van der Waals surface area contributed by atoms with Gasteiger partial charge < -0.3 is 14.6 Å². The average molecular weight is 287 g/mol. The molecule has 0 amide bonds. The number of aromatic nitrogens is 1. The lowest BCUT2D eigenvalue weighted by Crippen LogP contribution is -2.16. The van der Waals surface area contributed by atoms with Crippen LogP contribution < -0.4 is 0 Å². The summed E-state index contributed by atoms with van der Waals surface area (Å²) in [5.41, 5.74) is 1.33. The van der Waals surface area contributed by atoms with E-state index in [4.69, 9.17) is 4.74 Å². The third kappa shape index (κ3) is 2.97. The highest BCUT2D eigenvalue weighted by Crippen LogP contribution is 2.24. The lowest BCUT2D eigenvalue weighted by Gasteiger charge is -2.13. The number of nitrogens with zero attached hydrogens (tertiary/aromatic N) is 2. The lowest BCUT2D eigenvalue weighted by molar-refractivity contribution is 0.0520. The van der Waals surface area contributed by atoms with Gasteiger partial charge in [-0.1, -0.05) is 0 Å². The fourth-order valence-electron chi connectivity index (χ4n) is 2.36. The van der Waals surface area contributed by atoms with Crippen LogP contribution in [-0.2, 0) is 4.74 Å². The van der Waals surface area contributed by atoms with E-state index in [1.54, 1.807) is 6.92 Å². The average Bonchev–Trinajstić information content (AvgIpc) is 3.10. The molecule has 1 aromatic rings. The van der Waals surface area contributed by atoms with Crippen molar-refractivity contribution in [3.05, 3.63) is 34.8 Å². The third-order valence-corrected chi connectivity index (χ3v) is 3.42. The van der Waals surface area contributed by atoms with Crippen LogP contribution in [0.2, 0.25) is 0 Å². The molecule has 0 atom stereocenters. The summed E-state index contributed by atoms with van der Waals surface area (Å²) in [5, 5.41) is 9.28. The van der Waals surface area contributed by atoms with Crippen molar-refractivity contribution < 1.29 is 14.3 Å². The SMILES string of the molecule is CCOC(=O)c1ccc(C(=O)C(C#N)=C2CCCN2C)[nH]1. The van der Waals surface area contributed by atoms with E-state index in [-0.39, 0.29) is 23.6 Å². The second-order valence-electron chi connectivity index (χ2n) is 4.79. The minimum absolute atomic E-state index is 0.132. The molecule has 2 rings (SSSR count). The predicted molar refractivity (Wildman–Crippen MR) is 75.6 cm³/mol. The molecule has 2 heterocycles. The Kier molecular flexibility index (Phi) is 4.43. The third-order valence-electron chi connectivity index (χ3n) is 3.42. The van der Waals surface area contributed by atoms with Gasteiger partial charge in [-0.2, -0.15) is 5.26 Å². The number of carbonyl (C=O) groups is 2. The summed E-state index contributed by atoms with van der Waals surface area (Å²) in [6.07, 6.45) is 1.65. The number of ketones is 1. The smallest absolute Gasteiger partial charge is 0.354 e. The van der Waals surface area contributed by atoms with Crippen molar-refractivity contribution in [1.82, 2.24) is 9.88 Å². The van der Waals surface area contributed by atoms with Crippen LogP contribution >= 0.6 is 0 Å². The Balaban J connectivity index is 2.28. The Morgan fingerprint density at radius 1 is 1.43 bits per heavy atom. The number of hydrogen-bond acceptors (Lipinski definition) is 5. The summed E-state index contributed by atoms with van der Waals surface area (Å²) < 4.78 is 4.86. The predicted octanol–water partition coefficient (Wildman–Crippen LogP) is 1.88. The Hall–Kier alpha value is -2.55. The van der Waals surface area contributed by atoms with Gasteiger partial charge in [0.1, 0.15) is 17.3 Å². The molecule has 1 aliphatic heterocycles. The summed E-state index contributed by atoms with van der Waals surface area (Å²) in [6, 6.07) is 4.98. The van der Waals surface area contributed by atoms with Gasteiger partial charge in [-0.05, 0) is 31.9 Å². The van der Waals surface area contributed by atoms with E-state index in [1.807, 2.05) is 18.0 Å². The van der Waals surface area contributed by atoms with Gasteiger partial charge in [0.2, 0.25) is 5.78 Å². The Morgan fingerprint density at radius 3 is 2.71 bits per heavy atom. The van der Waals surface area contributed by atoms with Gasteiger partial charge in [-0.3, -0.25) is 4.79 Å². The molecule has 0 spiro atoms. The molecule has 1 aliphatic rings. The van der Waals surface area contributed by atoms with E-state index in [2.05, 4.69) is 4.98 Å². The molecule has 0 saturated carbocycles. The number of likely N-dealkylation sites (tertiary alicyclic amines) is 1. The van der Waals surface area contributed by atoms with E-state index in [9.17, 15) is 14.9 Å². The fraction of sp³-hybridized carbons (Fsp3) is 0.400. The molecular formula is C15H17N3O3. The second-order valence-corrected chi connectivity index (χ2v) is 4.79. The van der Waals surface area contributed by atoms with Crippen molar-refractivity contribution in [3.8, 4) is 6.07 Å². The Bertz CT molecular complexity index is 637. The first kappa shape index (κ1) is 14.9. The molecule has 6 heteroatoms. The quantitative estimate of drug-likeness (QED) is 0.395. The zero-order chi connectivity index (χ0) is 15.4. The van der Waals surface area contributed by atoms with Crippen LogP contribution in [0.25, 0.3) is 0 Å². The van der Waals surface area contributed by atoms with Gasteiger partial charge >= 0.3 is 5.97 Å². The summed E-state index contributed by atoms with van der Waals surface area (Å²) in [4.78, 5) is 28.6. The summed E-state index contributed by atoms with van der Waals surface area (Å²) in [5.74, 6) is -0.905. The van der Waals surface area contributed by atoms with Gasteiger partial charge in [-0.15, -0.1) is 0 Å². The second kappa shape index (κ2) is 6.27. The number of Topliss-reactive ketones (excluding diaryl/α,β-unsaturated/α-hetero) is 1. The highest BCUT2D eigenvalue weighted by molar-refractivity contribution is 6.11. The first-order valence-corrected chi connectivity index (χ1v) is 6.83. The molecule has 0 radical (unpaired) electrons. The molecule has 1 fully saturated rings. The maximum Gasteiger partial charge on any atom is 0.354 e. The van der Waals surface area contributed by atoms with Crippen LogP contribution in [0.3, 0.4) is 0 Å². The van der Waals surface area contributed by atoms with Gasteiger partial charge in [0.15, 0.2) is 0 Å². The standard InChI is InChI=1S/C15H17N3O3/c1-3-21-15(20)12-7-6-11(17-12)14(19)10(9-16)13-5-4-8-18(13)2/h6-7,17H,3-5,8H2,1-2H3. The van der Waals surface area contributed by atoms with Crippen molar-refractivity contribution in [2.24, 2.45) is 0 Å². The zero-order valence-corrected chi connectivity index (χ0v) is 12.1. The van der Waals surface area contributed by atoms with Gasteiger partial charge in [0.25, 0.3) is 0 Å². The molecule has 21 heavy (non-hydrogen) atoms. The van der Waals surface area contributed by atoms with Crippen molar-refractivity contribution in [1.29, 1.82) is 5.26 Å². The molecule has 0 bridgehead atoms. The largest absolute Gasteiger partial charge is 0.461 e. The molecule has 6 nitrogen and oxygen atoms in total. The minimum Gasteiger partial charge on any atom is -0.461 e. The van der Waals surface area contributed by atoms with Crippen LogP contribution in [0.1, 0.15) is 40.7 Å². The number of carbonyl (C=O) groups excluding carboxylic acids is 2. The van der Waals surface area contributed by atoms with Crippen molar-refractivity contribution >= 4 is 11.8 Å². The molecule has 0 aliphatic carbocycles. The van der Waals surface area contributed by atoms with Gasteiger partial charge in [0.05, 0.1) is 12.3 Å². The number of nitrogens with one attached hydrogen (secondary N) is 1. The van der Waals surface area contributed by atoms with Gasteiger partial charge in [-0.25, -0.2) is 4.79 Å². The van der Waals surface area contributed by atoms with Gasteiger partial charge in [0, 0.05) is 19.3 Å². The number of esters is 1. The molecule has 1 N–H and O–H groups in total. The number of hydrogen-bond donors (Lipinski definition) is 1. The van der Waals surface area contributed by atoms with Crippen molar-refractivity contribution in [2.45, 2.75) is 19.8 Å². The zero-order valence-electron chi connectivity index (χ0n) is 12.1. The number of ether oxygens (including phenoxy) is 1. The van der Waals surface area contributed by atoms with E-state index in [0.29, 0.717) is 0 Å². The molecular weight excluding hydrogens is 270 g/mol. The van der Waals surface area contributed by atoms with Crippen molar-refractivity contribution in [2.75, 3.05) is 20.2 Å². The number of allylic oxidation sites excluding steroid dienone is 2. The monoisotopic (exact) mass is 287 g/mol. The van der Waals surface area contributed by atoms with E-state index in [0.717, 1.165) is 25.1 Å². The topological polar surface area (TPSA) is 86.2 Å². The summed E-state index contributed by atoms with van der Waals surface area (Å²) >= 11 is 0. The Labute approximate surface area is 123 Å². The minimum atomic E-state index is -0.513. The maximum absolute atomic E-state index is 12.4. The fourth-order valence-corrected chi connectivity index (χ4v) is 2.36. The molecule has 1 saturated heterocycles. The highest BCUT2D eigenvalue weighted by Gasteiger charge is 2.24. The number of rotatable bonds is 4. The van der Waals surface area contributed by atoms with E-state index < -0.39 is 11.8 Å². The number of aromatic amines is 1. The lowest BCUT2D eigenvalue weighted by atomic mass is 10.1. The number of H-pyrrole nitrogens is 1. The van der Waals surface area contributed by atoms with Crippen LogP contribution in [-0.4, -0.2) is 41.8 Å². The van der Waals surface area contributed by atoms with Crippen LogP contribution in [0.15, 0.2) is 23.4 Å². The highest BCUT2D eigenvalue weighted by atomic mass is 16.5. The van der Waals surface area contributed by atoms with Crippen molar-refractivity contribution in [3.63, 3.8) is 0 Å². The Morgan fingerprint density at radius 2 is 2.14 bits per heavy atom.